The molecule has 44 heavy (non-hydrogen) atoms. The number of nitrogens with zero attached hydrogens (tertiary/aromatic N) is 1. The van der Waals surface area contributed by atoms with Crippen molar-refractivity contribution < 1.29 is 44.4 Å². The highest BCUT2D eigenvalue weighted by Gasteiger charge is 2.45. The van der Waals surface area contributed by atoms with Gasteiger partial charge in [0.2, 0.25) is 15.9 Å². The van der Waals surface area contributed by atoms with Gasteiger partial charge in [-0.2, -0.15) is 13.2 Å². The summed E-state index contributed by atoms with van der Waals surface area (Å²) >= 11 is 0. The van der Waals surface area contributed by atoms with Crippen LogP contribution in [-0.2, 0) is 36.2 Å². The third-order valence-corrected chi connectivity index (χ3v) is 7.98. The Bertz CT molecular complexity index is 1840. The van der Waals surface area contributed by atoms with E-state index in [-0.39, 0.29) is 11.3 Å². The van der Waals surface area contributed by atoms with Crippen molar-refractivity contribution in [3.05, 3.63) is 82.6 Å². The molecule has 1 heterocycles. The number of pyridine rings is 1. The minimum Gasteiger partial charge on any atom is -0.344 e. The van der Waals surface area contributed by atoms with E-state index in [1.54, 1.807) is 35.1 Å². The summed E-state index contributed by atoms with van der Waals surface area (Å²) in [5.41, 5.74) is -1.18. The number of hydrogen-bond donors (Lipinski definition) is 3. The quantitative estimate of drug-likeness (QED) is 0.282. The number of rotatable bonds is 11. The summed E-state index contributed by atoms with van der Waals surface area (Å²) in [6, 6.07) is 12.7. The zero-order valence-electron chi connectivity index (χ0n) is 23.4. The fraction of sp³-hybridized carbons (Fsp3) is 0.259. The third-order valence-electron chi connectivity index (χ3n) is 6.04. The molecule has 0 aliphatic heterocycles. The Balaban J connectivity index is 1.97. The average Bonchev–Trinajstić information content (AvgIpc) is 2.92. The van der Waals surface area contributed by atoms with Crippen LogP contribution in [0, 0.1) is 5.92 Å². The first kappa shape index (κ1) is 34.0. The average molecular weight is 657 g/mol. The van der Waals surface area contributed by atoms with E-state index in [0.717, 1.165) is 41.2 Å². The van der Waals surface area contributed by atoms with E-state index in [1.165, 1.54) is 19.9 Å². The van der Waals surface area contributed by atoms with Crippen LogP contribution in [0.1, 0.15) is 24.2 Å². The van der Waals surface area contributed by atoms with Gasteiger partial charge in [-0.25, -0.2) is 21.6 Å². The first-order valence-corrected chi connectivity index (χ1v) is 16.0. The number of anilines is 1. The van der Waals surface area contributed by atoms with Crippen molar-refractivity contribution in [3.63, 3.8) is 0 Å². The third kappa shape index (κ3) is 8.53. The zero-order valence-corrected chi connectivity index (χ0v) is 25.0. The summed E-state index contributed by atoms with van der Waals surface area (Å²) in [6.07, 6.45) is -4.46. The number of alkyl halides is 3. The first-order chi connectivity index (χ1) is 20.3. The monoisotopic (exact) mass is 656 g/mol. The number of amides is 2. The minimum atomic E-state index is -5.22. The molecule has 0 saturated carbocycles. The highest BCUT2D eigenvalue weighted by molar-refractivity contribution is 7.92. The van der Waals surface area contributed by atoms with Crippen molar-refractivity contribution in [2.45, 2.75) is 37.5 Å². The molecule has 3 N–H and O–H groups in total. The Morgan fingerprint density at radius 3 is 2.00 bits per heavy atom. The van der Waals surface area contributed by atoms with E-state index < -0.39 is 78.5 Å². The second kappa shape index (κ2) is 13.0. The number of Topliss-reactive ketones (excluding diaryl/α,β-unsaturated/α-hetero) is 1. The molecule has 1 atom stereocenters. The van der Waals surface area contributed by atoms with Gasteiger partial charge in [-0.1, -0.05) is 44.2 Å². The van der Waals surface area contributed by atoms with E-state index in [4.69, 9.17) is 0 Å². The number of halogens is 3. The summed E-state index contributed by atoms with van der Waals surface area (Å²) in [4.78, 5) is 49.9. The van der Waals surface area contributed by atoms with Gasteiger partial charge < -0.3 is 5.32 Å². The van der Waals surface area contributed by atoms with E-state index in [1.807, 2.05) is 5.32 Å². The van der Waals surface area contributed by atoms with Crippen LogP contribution in [0.15, 0.2) is 76.4 Å². The molecule has 2 aromatic carbocycles. The molecule has 3 aromatic rings. The van der Waals surface area contributed by atoms with Gasteiger partial charge in [0.25, 0.3) is 27.3 Å². The fourth-order valence-corrected chi connectivity index (χ4v) is 5.48. The molecule has 3 rings (SSSR count). The van der Waals surface area contributed by atoms with Crippen LogP contribution in [0.25, 0.3) is 11.3 Å². The van der Waals surface area contributed by atoms with Crippen molar-refractivity contribution in [1.82, 2.24) is 14.6 Å². The Morgan fingerprint density at radius 2 is 1.48 bits per heavy atom. The molecule has 0 fully saturated rings. The maximum atomic E-state index is 13.5. The van der Waals surface area contributed by atoms with Gasteiger partial charge in [0.1, 0.15) is 12.2 Å². The number of sulfonamides is 2. The second-order valence-electron chi connectivity index (χ2n) is 9.87. The smallest absolute Gasteiger partial charge is 0.344 e. The lowest BCUT2D eigenvalue weighted by molar-refractivity contribution is -0.174. The van der Waals surface area contributed by atoms with Crippen LogP contribution in [0.4, 0.5) is 18.9 Å². The number of hydrogen-bond acceptors (Lipinski definition) is 8. The van der Waals surface area contributed by atoms with Gasteiger partial charge >= 0.3 is 6.18 Å². The lowest BCUT2D eigenvalue weighted by atomic mass is 9.99. The molecule has 0 aliphatic rings. The molecule has 12 nitrogen and oxygen atoms in total. The Hall–Kier alpha value is -4.51. The maximum Gasteiger partial charge on any atom is 0.452 e. The summed E-state index contributed by atoms with van der Waals surface area (Å²) < 4.78 is 92.6. The number of nitrogens with one attached hydrogen (secondary N) is 3. The van der Waals surface area contributed by atoms with Gasteiger partial charge in [0.15, 0.2) is 0 Å². The predicted molar refractivity (Wildman–Crippen MR) is 154 cm³/mol. The Kier molecular flexibility index (Phi) is 10.0. The number of carbonyl (C=O) groups is 3. The van der Waals surface area contributed by atoms with E-state index in [0.29, 0.717) is 5.56 Å². The zero-order chi connectivity index (χ0) is 33.0. The van der Waals surface area contributed by atoms with E-state index in [9.17, 15) is 49.2 Å². The van der Waals surface area contributed by atoms with Crippen LogP contribution < -0.4 is 20.3 Å². The molecular weight excluding hydrogens is 629 g/mol. The van der Waals surface area contributed by atoms with Gasteiger partial charge in [0.05, 0.1) is 22.9 Å². The number of benzene rings is 2. The molecule has 0 spiro atoms. The number of ketones is 1. The summed E-state index contributed by atoms with van der Waals surface area (Å²) in [5, 5.41) is 2.02. The van der Waals surface area contributed by atoms with Crippen LogP contribution in [0.2, 0.25) is 0 Å². The lowest BCUT2D eigenvalue weighted by Gasteiger charge is -2.23. The minimum absolute atomic E-state index is 0.123. The van der Waals surface area contributed by atoms with Crippen LogP contribution >= 0.6 is 0 Å². The lowest BCUT2D eigenvalue weighted by Crippen LogP contribution is -2.50. The molecule has 236 valence electrons. The van der Waals surface area contributed by atoms with Gasteiger partial charge in [-0.05, 0) is 47.9 Å². The summed E-state index contributed by atoms with van der Waals surface area (Å²) in [7, 11) is -8.35. The van der Waals surface area contributed by atoms with E-state index >= 15 is 0 Å². The fourth-order valence-electron chi connectivity index (χ4n) is 3.96. The molecule has 0 saturated heterocycles. The van der Waals surface area contributed by atoms with Crippen molar-refractivity contribution in [1.29, 1.82) is 0 Å². The number of aromatic nitrogens is 1. The molecule has 1 unspecified atom stereocenters. The summed E-state index contributed by atoms with van der Waals surface area (Å²) in [6.45, 7) is 1.74. The number of carbonyl (C=O) groups excluding carboxylic acids is 3. The SMILES string of the molecule is CC(C)C(NC(=O)Cn1c(-c2ccccc2)ccc(NS(=O)(=O)c2ccc(C(=O)NS(C)(=O)=O)cc2)c1=O)C(=O)C(F)(F)F. The molecule has 2 amide bonds. The van der Waals surface area contributed by atoms with Crippen LogP contribution in [0.3, 0.4) is 0 Å². The standard InChI is InChI=1S/C27H27F3N4O8S2/c1-16(2)23(24(36)27(28,29)30)31-22(35)15-34-21(17-7-5-4-6-8-17)14-13-20(26(34)38)32-44(41,42)19-11-9-18(10-12-19)25(37)33-43(3,39)40/h4-14,16,23,32H,15H2,1-3H3,(H,31,35)(H,33,37). The first-order valence-electron chi connectivity index (χ1n) is 12.6. The maximum absolute atomic E-state index is 13.5. The molecule has 1 aromatic heterocycles. The Morgan fingerprint density at radius 1 is 0.886 bits per heavy atom. The molecule has 0 bridgehead atoms. The Labute approximate surface area is 250 Å². The van der Waals surface area contributed by atoms with Crippen LogP contribution in [0.5, 0.6) is 0 Å². The van der Waals surface area contributed by atoms with Crippen molar-refractivity contribution in [2.24, 2.45) is 5.92 Å². The van der Waals surface area contributed by atoms with Crippen molar-refractivity contribution >= 4 is 43.3 Å². The van der Waals surface area contributed by atoms with E-state index in [2.05, 4.69) is 4.72 Å². The largest absolute Gasteiger partial charge is 0.452 e. The normalized spacial score (nSPS) is 12.8. The van der Waals surface area contributed by atoms with Crippen LogP contribution in [-0.4, -0.2) is 57.5 Å². The van der Waals surface area contributed by atoms with Gasteiger partial charge in [-0.3, -0.25) is 28.5 Å². The second-order valence-corrected chi connectivity index (χ2v) is 13.3. The molecule has 17 heteroatoms. The highest BCUT2D eigenvalue weighted by atomic mass is 32.2. The predicted octanol–water partition coefficient (Wildman–Crippen LogP) is 2.28. The highest BCUT2D eigenvalue weighted by Crippen LogP contribution is 2.23. The van der Waals surface area contributed by atoms with Crippen molar-refractivity contribution in [3.8, 4) is 11.3 Å². The van der Waals surface area contributed by atoms with Gasteiger partial charge in [-0.15, -0.1) is 0 Å². The topological polar surface area (TPSA) is 178 Å². The van der Waals surface area contributed by atoms with Crippen molar-refractivity contribution in [2.75, 3.05) is 11.0 Å². The van der Waals surface area contributed by atoms with Gasteiger partial charge in [0, 0.05) is 5.56 Å². The molecular formula is C27H27F3N4O8S2. The molecule has 0 radical (unpaired) electrons. The molecule has 0 aliphatic carbocycles. The summed E-state index contributed by atoms with van der Waals surface area (Å²) in [5.74, 6) is -5.22.